The number of benzene rings is 1. The molecular weight excluding hydrogens is 288 g/mol. The van der Waals surface area contributed by atoms with Crippen LogP contribution in [0.15, 0.2) is 12.1 Å². The maximum Gasteiger partial charge on any atom is 0.253 e. The van der Waals surface area contributed by atoms with Gasteiger partial charge in [0, 0.05) is 23.0 Å². The van der Waals surface area contributed by atoms with Crippen LogP contribution in [0, 0.1) is 0 Å². The van der Waals surface area contributed by atoms with Gasteiger partial charge in [0.15, 0.2) is 11.5 Å². The average Bonchev–Trinajstić information content (AvgIpc) is 2.93. The summed E-state index contributed by atoms with van der Waals surface area (Å²) in [5, 5.41) is 3.57. The van der Waals surface area contributed by atoms with Gasteiger partial charge in [0.2, 0.25) is 0 Å². The number of carbonyl (C=O) groups excluding carboxylic acids is 1. The molecule has 0 saturated heterocycles. The molecule has 0 aliphatic heterocycles. The van der Waals surface area contributed by atoms with Gasteiger partial charge in [0.25, 0.3) is 5.91 Å². The van der Waals surface area contributed by atoms with Crippen molar-refractivity contribution in [1.29, 1.82) is 0 Å². The van der Waals surface area contributed by atoms with E-state index in [0.717, 1.165) is 19.3 Å². The largest absolute Gasteiger partial charge is 0.493 e. The Morgan fingerprint density at radius 1 is 1.29 bits per heavy atom. The van der Waals surface area contributed by atoms with Crippen LogP contribution in [-0.4, -0.2) is 37.7 Å². The van der Waals surface area contributed by atoms with Crippen molar-refractivity contribution in [2.75, 3.05) is 26.2 Å². The molecule has 1 aromatic rings. The van der Waals surface area contributed by atoms with Gasteiger partial charge in [-0.1, -0.05) is 6.42 Å². The fourth-order valence-electron chi connectivity index (χ4n) is 2.71. The minimum Gasteiger partial charge on any atom is -0.493 e. The molecule has 1 aliphatic rings. The van der Waals surface area contributed by atoms with E-state index in [1.807, 2.05) is 0 Å². The highest BCUT2D eigenvalue weighted by molar-refractivity contribution is 7.99. The standard InChI is InChI=1S/C15H22N2O3S/c1-19-12-7-9(10(16)8-13(12)20-2)15(18)17-11-5-4-6-14(11)21-3/h7-8,11,14H,4-6,16H2,1-3H3,(H,17,18). The molecule has 6 heteroatoms. The lowest BCUT2D eigenvalue weighted by Crippen LogP contribution is -2.38. The first kappa shape index (κ1) is 15.8. The molecule has 1 saturated carbocycles. The highest BCUT2D eigenvalue weighted by atomic mass is 32.2. The van der Waals surface area contributed by atoms with E-state index in [-0.39, 0.29) is 11.9 Å². The van der Waals surface area contributed by atoms with E-state index in [4.69, 9.17) is 15.2 Å². The lowest BCUT2D eigenvalue weighted by Gasteiger charge is -2.20. The van der Waals surface area contributed by atoms with Gasteiger partial charge in [-0.2, -0.15) is 11.8 Å². The van der Waals surface area contributed by atoms with Crippen molar-refractivity contribution in [2.24, 2.45) is 0 Å². The molecule has 2 unspecified atom stereocenters. The number of anilines is 1. The summed E-state index contributed by atoms with van der Waals surface area (Å²) in [6.45, 7) is 0. The van der Waals surface area contributed by atoms with E-state index in [0.29, 0.717) is 28.0 Å². The van der Waals surface area contributed by atoms with Gasteiger partial charge in [-0.05, 0) is 25.2 Å². The Morgan fingerprint density at radius 3 is 2.57 bits per heavy atom. The maximum absolute atomic E-state index is 12.5. The second kappa shape index (κ2) is 6.93. The first-order chi connectivity index (χ1) is 10.1. The first-order valence-electron chi connectivity index (χ1n) is 6.95. The van der Waals surface area contributed by atoms with Gasteiger partial charge < -0.3 is 20.5 Å². The summed E-state index contributed by atoms with van der Waals surface area (Å²) in [5.41, 5.74) is 6.78. The predicted molar refractivity (Wildman–Crippen MR) is 86.4 cm³/mol. The quantitative estimate of drug-likeness (QED) is 0.816. The summed E-state index contributed by atoms with van der Waals surface area (Å²) in [6, 6.07) is 3.46. The van der Waals surface area contributed by atoms with Gasteiger partial charge in [-0.3, -0.25) is 4.79 Å². The molecule has 2 atom stereocenters. The topological polar surface area (TPSA) is 73.6 Å². The molecule has 0 bridgehead atoms. The fourth-order valence-corrected chi connectivity index (χ4v) is 3.65. The molecule has 0 spiro atoms. The predicted octanol–water partition coefficient (Wildman–Crippen LogP) is 2.30. The highest BCUT2D eigenvalue weighted by Gasteiger charge is 2.28. The maximum atomic E-state index is 12.5. The van der Waals surface area contributed by atoms with Gasteiger partial charge in [-0.25, -0.2) is 0 Å². The molecule has 2 rings (SSSR count). The number of amides is 1. The number of nitrogen functional groups attached to an aromatic ring is 1. The lowest BCUT2D eigenvalue weighted by molar-refractivity contribution is 0.0939. The summed E-state index contributed by atoms with van der Waals surface area (Å²) in [6.07, 6.45) is 5.40. The lowest BCUT2D eigenvalue weighted by atomic mass is 10.1. The third-order valence-electron chi connectivity index (χ3n) is 3.87. The van der Waals surface area contributed by atoms with Crippen LogP contribution in [0.1, 0.15) is 29.6 Å². The molecule has 116 valence electrons. The van der Waals surface area contributed by atoms with E-state index in [1.165, 1.54) is 7.11 Å². The smallest absolute Gasteiger partial charge is 0.253 e. The Bertz CT molecular complexity index is 522. The van der Waals surface area contributed by atoms with E-state index in [1.54, 1.807) is 31.0 Å². The Labute approximate surface area is 129 Å². The molecule has 1 aromatic carbocycles. The zero-order valence-corrected chi connectivity index (χ0v) is 13.5. The molecule has 1 fully saturated rings. The van der Waals surface area contributed by atoms with Crippen LogP contribution in [0.25, 0.3) is 0 Å². The average molecular weight is 310 g/mol. The van der Waals surface area contributed by atoms with Crippen molar-refractivity contribution >= 4 is 23.4 Å². The van der Waals surface area contributed by atoms with Crippen molar-refractivity contribution in [1.82, 2.24) is 5.32 Å². The third-order valence-corrected chi connectivity index (χ3v) is 5.04. The number of carbonyl (C=O) groups is 1. The normalized spacial score (nSPS) is 21.1. The number of rotatable bonds is 5. The van der Waals surface area contributed by atoms with Crippen molar-refractivity contribution in [2.45, 2.75) is 30.6 Å². The van der Waals surface area contributed by atoms with E-state index >= 15 is 0 Å². The highest BCUT2D eigenvalue weighted by Crippen LogP contribution is 2.33. The zero-order valence-electron chi connectivity index (χ0n) is 12.6. The Balaban J connectivity index is 2.19. The number of hydrogen-bond donors (Lipinski definition) is 2. The third kappa shape index (κ3) is 3.37. The number of nitrogens with one attached hydrogen (secondary N) is 1. The minimum atomic E-state index is -0.153. The van der Waals surface area contributed by atoms with Crippen LogP contribution in [0.5, 0.6) is 11.5 Å². The molecule has 0 radical (unpaired) electrons. The summed E-state index contributed by atoms with van der Waals surface area (Å²) in [5.74, 6) is 0.874. The first-order valence-corrected chi connectivity index (χ1v) is 8.24. The van der Waals surface area contributed by atoms with Crippen LogP contribution >= 0.6 is 11.8 Å². The van der Waals surface area contributed by atoms with Crippen LogP contribution in [0.2, 0.25) is 0 Å². The Morgan fingerprint density at radius 2 is 1.95 bits per heavy atom. The van der Waals surface area contributed by atoms with Gasteiger partial charge in [-0.15, -0.1) is 0 Å². The summed E-state index contributed by atoms with van der Waals surface area (Å²) in [4.78, 5) is 12.5. The molecule has 1 amide bonds. The van der Waals surface area contributed by atoms with Gasteiger partial charge in [0.05, 0.1) is 19.8 Å². The summed E-state index contributed by atoms with van der Waals surface area (Å²) < 4.78 is 10.4. The fraction of sp³-hybridized carbons (Fsp3) is 0.533. The molecule has 5 nitrogen and oxygen atoms in total. The zero-order chi connectivity index (χ0) is 15.4. The van der Waals surface area contributed by atoms with Crippen LogP contribution < -0.4 is 20.5 Å². The number of thioether (sulfide) groups is 1. The molecule has 0 heterocycles. The van der Waals surface area contributed by atoms with Crippen molar-refractivity contribution < 1.29 is 14.3 Å². The van der Waals surface area contributed by atoms with E-state index in [9.17, 15) is 4.79 Å². The number of hydrogen-bond acceptors (Lipinski definition) is 5. The summed E-state index contributed by atoms with van der Waals surface area (Å²) >= 11 is 1.80. The molecular formula is C15H22N2O3S. The molecule has 21 heavy (non-hydrogen) atoms. The van der Waals surface area contributed by atoms with Crippen LogP contribution in [0.3, 0.4) is 0 Å². The molecule has 1 aliphatic carbocycles. The second-order valence-corrected chi connectivity index (χ2v) is 6.16. The van der Waals surface area contributed by atoms with E-state index < -0.39 is 0 Å². The Hall–Kier alpha value is -1.56. The number of ether oxygens (including phenoxy) is 2. The van der Waals surface area contributed by atoms with Crippen molar-refractivity contribution in [3.63, 3.8) is 0 Å². The number of nitrogens with two attached hydrogens (primary N) is 1. The van der Waals surface area contributed by atoms with Crippen molar-refractivity contribution in [3.05, 3.63) is 17.7 Å². The summed E-state index contributed by atoms with van der Waals surface area (Å²) in [7, 11) is 3.08. The second-order valence-electron chi connectivity index (χ2n) is 5.08. The van der Waals surface area contributed by atoms with Gasteiger partial charge in [0.1, 0.15) is 0 Å². The monoisotopic (exact) mass is 310 g/mol. The minimum absolute atomic E-state index is 0.153. The van der Waals surface area contributed by atoms with Crippen LogP contribution in [0.4, 0.5) is 5.69 Å². The van der Waals surface area contributed by atoms with Crippen LogP contribution in [-0.2, 0) is 0 Å². The number of methoxy groups -OCH3 is 2. The van der Waals surface area contributed by atoms with Crippen molar-refractivity contribution in [3.8, 4) is 11.5 Å². The molecule has 3 N–H and O–H groups in total. The van der Waals surface area contributed by atoms with Gasteiger partial charge >= 0.3 is 0 Å². The molecule has 0 aromatic heterocycles. The van der Waals surface area contributed by atoms with E-state index in [2.05, 4.69) is 11.6 Å². The Kier molecular flexibility index (Phi) is 5.22. The SMILES string of the molecule is COc1cc(N)c(C(=O)NC2CCCC2SC)cc1OC.